The van der Waals surface area contributed by atoms with Crippen LogP contribution in [0.5, 0.6) is 0 Å². The van der Waals surface area contributed by atoms with Crippen LogP contribution in [0.25, 0.3) is 16.7 Å². The molecular formula is C27H26ClFN6O. The molecule has 2 aliphatic rings. The van der Waals surface area contributed by atoms with Crippen molar-refractivity contribution in [1.82, 2.24) is 25.1 Å². The van der Waals surface area contributed by atoms with Gasteiger partial charge in [0.1, 0.15) is 17.5 Å². The first-order valence-corrected chi connectivity index (χ1v) is 12.8. The van der Waals surface area contributed by atoms with Crippen LogP contribution in [0.15, 0.2) is 54.7 Å². The molecule has 2 saturated carbocycles. The molecule has 6 rings (SSSR count). The van der Waals surface area contributed by atoms with Crippen molar-refractivity contribution in [3.8, 4) is 5.69 Å². The Bertz CT molecular complexity index is 1410. The van der Waals surface area contributed by atoms with Gasteiger partial charge >= 0.3 is 0 Å². The maximum absolute atomic E-state index is 13.1. The predicted molar refractivity (Wildman–Crippen MR) is 137 cm³/mol. The van der Waals surface area contributed by atoms with Gasteiger partial charge in [-0.2, -0.15) is 5.10 Å². The van der Waals surface area contributed by atoms with Crippen molar-refractivity contribution in [3.05, 3.63) is 77.0 Å². The number of nitrogens with zero attached hydrogens (tertiary/aromatic N) is 4. The van der Waals surface area contributed by atoms with Gasteiger partial charge in [-0.25, -0.2) is 19.0 Å². The SMILES string of the molecule is O=C(NC1CCC(Nc2nc(C3CC3)nc3c2cnn3-c2cccc(Cl)c2)CC1)c1ccc(F)cc1. The number of anilines is 1. The highest BCUT2D eigenvalue weighted by Gasteiger charge is 2.30. The van der Waals surface area contributed by atoms with Crippen molar-refractivity contribution in [2.24, 2.45) is 0 Å². The summed E-state index contributed by atoms with van der Waals surface area (Å²) in [5.41, 5.74) is 2.11. The fourth-order valence-corrected chi connectivity index (χ4v) is 4.99. The molecule has 0 spiro atoms. The average molecular weight is 505 g/mol. The lowest BCUT2D eigenvalue weighted by Gasteiger charge is -2.30. The van der Waals surface area contributed by atoms with Gasteiger partial charge < -0.3 is 10.6 Å². The zero-order valence-electron chi connectivity index (χ0n) is 19.6. The van der Waals surface area contributed by atoms with Gasteiger partial charge in [0.05, 0.1) is 17.3 Å². The first-order chi connectivity index (χ1) is 17.5. The van der Waals surface area contributed by atoms with Crippen LogP contribution >= 0.6 is 11.6 Å². The van der Waals surface area contributed by atoms with Gasteiger partial charge in [0.15, 0.2) is 5.65 Å². The second-order valence-electron chi connectivity index (χ2n) is 9.65. The van der Waals surface area contributed by atoms with E-state index >= 15 is 0 Å². The highest BCUT2D eigenvalue weighted by Crippen LogP contribution is 2.40. The Balaban J connectivity index is 1.17. The molecule has 7 nitrogen and oxygen atoms in total. The summed E-state index contributed by atoms with van der Waals surface area (Å²) < 4.78 is 15.0. The van der Waals surface area contributed by atoms with Crippen LogP contribution in [0.4, 0.5) is 10.2 Å². The Kier molecular flexibility index (Phi) is 6.05. The maximum atomic E-state index is 13.1. The van der Waals surface area contributed by atoms with Crippen LogP contribution in [-0.4, -0.2) is 37.7 Å². The smallest absolute Gasteiger partial charge is 0.251 e. The molecule has 36 heavy (non-hydrogen) atoms. The summed E-state index contributed by atoms with van der Waals surface area (Å²) in [5.74, 6) is 1.56. The van der Waals surface area contributed by atoms with Gasteiger partial charge in [-0.05, 0) is 81.0 Å². The zero-order chi connectivity index (χ0) is 24.6. The Morgan fingerprint density at radius 3 is 2.44 bits per heavy atom. The van der Waals surface area contributed by atoms with Crippen LogP contribution < -0.4 is 10.6 Å². The number of nitrogens with one attached hydrogen (secondary N) is 2. The minimum absolute atomic E-state index is 0.0959. The summed E-state index contributed by atoms with van der Waals surface area (Å²) in [6, 6.07) is 13.6. The van der Waals surface area contributed by atoms with E-state index in [0.29, 0.717) is 16.5 Å². The number of amides is 1. The first kappa shape index (κ1) is 22.9. The van der Waals surface area contributed by atoms with E-state index in [4.69, 9.17) is 21.6 Å². The molecule has 0 radical (unpaired) electrons. The van der Waals surface area contributed by atoms with Crippen molar-refractivity contribution >= 4 is 34.4 Å². The van der Waals surface area contributed by atoms with E-state index in [1.165, 1.54) is 24.3 Å². The lowest BCUT2D eigenvalue weighted by atomic mass is 9.91. The summed E-state index contributed by atoms with van der Waals surface area (Å²) in [4.78, 5) is 22.3. The third-order valence-electron chi connectivity index (χ3n) is 6.95. The Morgan fingerprint density at radius 2 is 1.72 bits per heavy atom. The summed E-state index contributed by atoms with van der Waals surface area (Å²) >= 11 is 6.22. The summed E-state index contributed by atoms with van der Waals surface area (Å²) in [6.45, 7) is 0. The van der Waals surface area contributed by atoms with Gasteiger partial charge in [0.25, 0.3) is 5.91 Å². The molecule has 184 valence electrons. The minimum Gasteiger partial charge on any atom is -0.367 e. The van der Waals surface area contributed by atoms with E-state index in [2.05, 4.69) is 15.7 Å². The molecule has 0 bridgehead atoms. The molecule has 0 unspecified atom stereocenters. The third-order valence-corrected chi connectivity index (χ3v) is 7.19. The van der Waals surface area contributed by atoms with E-state index < -0.39 is 0 Å². The van der Waals surface area contributed by atoms with Crippen molar-refractivity contribution in [1.29, 1.82) is 0 Å². The highest BCUT2D eigenvalue weighted by molar-refractivity contribution is 6.30. The van der Waals surface area contributed by atoms with Crippen molar-refractivity contribution in [2.45, 2.75) is 56.5 Å². The second-order valence-corrected chi connectivity index (χ2v) is 10.1. The van der Waals surface area contributed by atoms with Crippen LogP contribution in [0.2, 0.25) is 5.02 Å². The fourth-order valence-electron chi connectivity index (χ4n) is 4.80. The van der Waals surface area contributed by atoms with Gasteiger partial charge in [-0.15, -0.1) is 0 Å². The van der Waals surface area contributed by atoms with E-state index in [-0.39, 0.29) is 23.8 Å². The fraction of sp³-hybridized carbons (Fsp3) is 0.333. The topological polar surface area (TPSA) is 84.7 Å². The Morgan fingerprint density at radius 1 is 0.972 bits per heavy atom. The number of carbonyl (C=O) groups is 1. The molecule has 2 heterocycles. The number of halogens is 2. The average Bonchev–Trinajstić information content (AvgIpc) is 3.64. The summed E-state index contributed by atoms with van der Waals surface area (Å²) in [7, 11) is 0. The zero-order valence-corrected chi connectivity index (χ0v) is 20.4. The van der Waals surface area contributed by atoms with Crippen LogP contribution in [0.1, 0.15) is 60.6 Å². The monoisotopic (exact) mass is 504 g/mol. The summed E-state index contributed by atoms with van der Waals surface area (Å²) in [6.07, 6.45) is 7.54. The normalized spacial score (nSPS) is 19.8. The molecule has 0 saturated heterocycles. The number of aromatic nitrogens is 4. The molecule has 0 atom stereocenters. The third kappa shape index (κ3) is 4.78. The van der Waals surface area contributed by atoms with E-state index in [0.717, 1.165) is 66.9 Å². The first-order valence-electron chi connectivity index (χ1n) is 12.4. The molecule has 2 aliphatic carbocycles. The van der Waals surface area contributed by atoms with Gasteiger partial charge in [0.2, 0.25) is 0 Å². The molecule has 2 aromatic heterocycles. The Labute approximate surface area is 213 Å². The largest absolute Gasteiger partial charge is 0.367 e. The second kappa shape index (κ2) is 9.50. The molecular weight excluding hydrogens is 479 g/mol. The lowest BCUT2D eigenvalue weighted by molar-refractivity contribution is 0.0926. The van der Waals surface area contributed by atoms with E-state index in [1.807, 2.05) is 35.1 Å². The molecule has 2 aromatic carbocycles. The number of hydrogen-bond acceptors (Lipinski definition) is 5. The molecule has 1 amide bonds. The van der Waals surface area contributed by atoms with Crippen molar-refractivity contribution in [2.75, 3.05) is 5.32 Å². The molecule has 0 aliphatic heterocycles. The number of fused-ring (bicyclic) bond motifs is 1. The van der Waals surface area contributed by atoms with Crippen LogP contribution in [0.3, 0.4) is 0 Å². The number of carbonyl (C=O) groups excluding carboxylic acids is 1. The molecule has 9 heteroatoms. The molecule has 4 aromatic rings. The van der Waals surface area contributed by atoms with E-state index in [1.54, 1.807) is 0 Å². The lowest BCUT2D eigenvalue weighted by Crippen LogP contribution is -2.40. The number of rotatable bonds is 6. The van der Waals surface area contributed by atoms with E-state index in [9.17, 15) is 9.18 Å². The number of hydrogen-bond donors (Lipinski definition) is 2. The predicted octanol–water partition coefficient (Wildman–Crippen LogP) is 5.64. The number of benzene rings is 2. The quantitative estimate of drug-likeness (QED) is 0.355. The van der Waals surface area contributed by atoms with Crippen molar-refractivity contribution in [3.63, 3.8) is 0 Å². The molecule has 2 N–H and O–H groups in total. The standard InChI is InChI=1S/C27H26ClFN6O/c28-18-2-1-3-22(14-18)35-26-23(15-30-35)25(33-24(34-26)16-4-5-16)31-20-10-12-21(13-11-20)32-27(36)17-6-8-19(29)9-7-17/h1-3,6-9,14-16,20-21H,4-5,10-13H2,(H,32,36)(H,31,33,34). The van der Waals surface area contributed by atoms with Crippen LogP contribution in [0, 0.1) is 5.82 Å². The summed E-state index contributed by atoms with van der Waals surface area (Å²) in [5, 5.41) is 12.9. The minimum atomic E-state index is -0.347. The van der Waals surface area contributed by atoms with Gasteiger partial charge in [-0.3, -0.25) is 4.79 Å². The Hall–Kier alpha value is -3.52. The molecule has 2 fully saturated rings. The van der Waals surface area contributed by atoms with Crippen molar-refractivity contribution < 1.29 is 9.18 Å². The van der Waals surface area contributed by atoms with Gasteiger partial charge in [-0.1, -0.05) is 17.7 Å². The van der Waals surface area contributed by atoms with Gasteiger partial charge in [0, 0.05) is 28.6 Å². The maximum Gasteiger partial charge on any atom is 0.251 e. The van der Waals surface area contributed by atoms with Crippen LogP contribution in [-0.2, 0) is 0 Å². The highest BCUT2D eigenvalue weighted by atomic mass is 35.5.